The van der Waals surface area contributed by atoms with E-state index in [0.29, 0.717) is 5.92 Å². The average Bonchev–Trinajstić information content (AvgIpc) is 2.70. The highest BCUT2D eigenvalue weighted by molar-refractivity contribution is 5.91. The van der Waals surface area contributed by atoms with Crippen LogP contribution in [0, 0.1) is 5.92 Å². The van der Waals surface area contributed by atoms with Gasteiger partial charge >= 0.3 is 0 Å². The number of carbonyl (C=O) groups is 1. The summed E-state index contributed by atoms with van der Waals surface area (Å²) in [4.78, 5) is 11.7. The van der Waals surface area contributed by atoms with E-state index in [0.717, 1.165) is 12.1 Å². The summed E-state index contributed by atoms with van der Waals surface area (Å²) in [5.74, 6) is 0.236. The molecular formula is C13H21N3O2. The predicted octanol–water partition coefficient (Wildman–Crippen LogP) is 0.957. The van der Waals surface area contributed by atoms with Crippen LogP contribution in [-0.4, -0.2) is 33.4 Å². The molecule has 0 spiro atoms. The first-order valence-corrected chi connectivity index (χ1v) is 6.10. The first kappa shape index (κ1) is 14.4. The molecule has 1 unspecified atom stereocenters. The summed E-state index contributed by atoms with van der Waals surface area (Å²) in [7, 11) is 1.81. The zero-order valence-corrected chi connectivity index (χ0v) is 11.1. The Morgan fingerprint density at radius 3 is 2.83 bits per heavy atom. The van der Waals surface area contributed by atoms with Gasteiger partial charge in [-0.3, -0.25) is 9.48 Å². The van der Waals surface area contributed by atoms with Crippen molar-refractivity contribution in [3.8, 4) is 0 Å². The SMILES string of the molecule is CC(C)CC(CO)NC(=O)/C=C/c1ccnn1C. The molecule has 2 N–H and O–H groups in total. The van der Waals surface area contributed by atoms with Gasteiger partial charge in [-0.1, -0.05) is 13.8 Å². The number of aromatic nitrogens is 2. The van der Waals surface area contributed by atoms with E-state index in [4.69, 9.17) is 5.11 Å². The lowest BCUT2D eigenvalue weighted by atomic mass is 10.0. The maximum atomic E-state index is 11.7. The van der Waals surface area contributed by atoms with Crippen molar-refractivity contribution in [1.29, 1.82) is 0 Å². The van der Waals surface area contributed by atoms with Crippen LogP contribution in [0.5, 0.6) is 0 Å². The quantitative estimate of drug-likeness (QED) is 0.740. The average molecular weight is 251 g/mol. The van der Waals surface area contributed by atoms with Gasteiger partial charge in [0.05, 0.1) is 18.3 Å². The number of aryl methyl sites for hydroxylation is 1. The molecule has 1 atom stereocenters. The van der Waals surface area contributed by atoms with Crippen LogP contribution in [0.15, 0.2) is 18.3 Å². The van der Waals surface area contributed by atoms with Crippen LogP contribution in [-0.2, 0) is 11.8 Å². The first-order valence-electron chi connectivity index (χ1n) is 6.10. The Balaban J connectivity index is 2.50. The molecule has 1 aromatic rings. The number of hydrogen-bond acceptors (Lipinski definition) is 3. The highest BCUT2D eigenvalue weighted by Crippen LogP contribution is 2.04. The number of nitrogens with one attached hydrogen (secondary N) is 1. The molecular weight excluding hydrogens is 230 g/mol. The topological polar surface area (TPSA) is 67.2 Å². The molecule has 1 amide bonds. The van der Waals surface area contributed by atoms with Crippen LogP contribution in [0.1, 0.15) is 26.0 Å². The fourth-order valence-electron chi connectivity index (χ4n) is 1.71. The number of hydrogen-bond donors (Lipinski definition) is 2. The van der Waals surface area contributed by atoms with Crippen LogP contribution in [0.25, 0.3) is 6.08 Å². The molecule has 0 aromatic carbocycles. The third-order valence-electron chi connectivity index (χ3n) is 2.59. The molecule has 5 heteroatoms. The fraction of sp³-hybridized carbons (Fsp3) is 0.538. The maximum Gasteiger partial charge on any atom is 0.244 e. The Kier molecular flexibility index (Phi) is 5.58. The van der Waals surface area contributed by atoms with Gasteiger partial charge in [0.1, 0.15) is 0 Å². The zero-order chi connectivity index (χ0) is 13.5. The van der Waals surface area contributed by atoms with Gasteiger partial charge in [-0.05, 0) is 24.5 Å². The van der Waals surface area contributed by atoms with E-state index in [9.17, 15) is 4.79 Å². The lowest BCUT2D eigenvalue weighted by molar-refractivity contribution is -0.117. The molecule has 5 nitrogen and oxygen atoms in total. The van der Waals surface area contributed by atoms with E-state index in [2.05, 4.69) is 24.3 Å². The van der Waals surface area contributed by atoms with Crippen molar-refractivity contribution in [1.82, 2.24) is 15.1 Å². The molecule has 0 aliphatic carbocycles. The summed E-state index contributed by atoms with van der Waals surface area (Å²) >= 11 is 0. The van der Waals surface area contributed by atoms with Crippen LogP contribution < -0.4 is 5.32 Å². The largest absolute Gasteiger partial charge is 0.394 e. The van der Waals surface area contributed by atoms with E-state index in [1.54, 1.807) is 17.0 Å². The smallest absolute Gasteiger partial charge is 0.244 e. The van der Waals surface area contributed by atoms with Crippen molar-refractivity contribution in [2.24, 2.45) is 13.0 Å². The summed E-state index contributed by atoms with van der Waals surface area (Å²) in [6.45, 7) is 4.07. The number of nitrogens with zero attached hydrogens (tertiary/aromatic N) is 2. The van der Waals surface area contributed by atoms with Gasteiger partial charge < -0.3 is 10.4 Å². The van der Waals surface area contributed by atoms with Gasteiger partial charge in [0.15, 0.2) is 0 Å². The second-order valence-corrected chi connectivity index (χ2v) is 4.73. The third kappa shape index (κ3) is 4.71. The van der Waals surface area contributed by atoms with E-state index >= 15 is 0 Å². The van der Waals surface area contributed by atoms with Gasteiger partial charge in [0.2, 0.25) is 5.91 Å². The number of rotatable bonds is 6. The highest BCUT2D eigenvalue weighted by atomic mass is 16.3. The minimum Gasteiger partial charge on any atom is -0.394 e. The molecule has 100 valence electrons. The van der Waals surface area contributed by atoms with Crippen LogP contribution in [0.3, 0.4) is 0 Å². The Hall–Kier alpha value is -1.62. The molecule has 0 saturated carbocycles. The molecule has 1 heterocycles. The predicted molar refractivity (Wildman–Crippen MR) is 70.7 cm³/mol. The molecule has 1 aromatic heterocycles. The third-order valence-corrected chi connectivity index (χ3v) is 2.59. The zero-order valence-electron chi connectivity index (χ0n) is 11.1. The van der Waals surface area contributed by atoms with Crippen LogP contribution in [0.2, 0.25) is 0 Å². The van der Waals surface area contributed by atoms with E-state index < -0.39 is 0 Å². The van der Waals surface area contributed by atoms with E-state index in [1.807, 2.05) is 13.1 Å². The fourth-order valence-corrected chi connectivity index (χ4v) is 1.71. The van der Waals surface area contributed by atoms with Gasteiger partial charge in [-0.2, -0.15) is 5.10 Å². The van der Waals surface area contributed by atoms with Crippen molar-refractivity contribution in [2.45, 2.75) is 26.3 Å². The monoisotopic (exact) mass is 251 g/mol. The lowest BCUT2D eigenvalue weighted by Gasteiger charge is -2.17. The summed E-state index contributed by atoms with van der Waals surface area (Å²) in [5, 5.41) is 15.9. The van der Waals surface area contributed by atoms with E-state index in [-0.39, 0.29) is 18.6 Å². The van der Waals surface area contributed by atoms with Gasteiger partial charge in [-0.25, -0.2) is 0 Å². The molecule has 0 fully saturated rings. The minimum atomic E-state index is -0.198. The lowest BCUT2D eigenvalue weighted by Crippen LogP contribution is -2.37. The summed E-state index contributed by atoms with van der Waals surface area (Å²) in [5.41, 5.74) is 0.856. The van der Waals surface area contributed by atoms with Crippen LogP contribution >= 0.6 is 0 Å². The number of aliphatic hydroxyl groups is 1. The maximum absolute atomic E-state index is 11.7. The Labute approximate surface area is 108 Å². The highest BCUT2D eigenvalue weighted by Gasteiger charge is 2.11. The molecule has 18 heavy (non-hydrogen) atoms. The standard InChI is InChI=1S/C13H21N3O2/c1-10(2)8-11(9-17)15-13(18)5-4-12-6-7-14-16(12)3/h4-7,10-11,17H,8-9H2,1-3H3,(H,15,18)/b5-4+. The Morgan fingerprint density at radius 1 is 1.61 bits per heavy atom. The molecule has 1 rings (SSSR count). The molecule has 0 bridgehead atoms. The Bertz CT molecular complexity index is 410. The second-order valence-electron chi connectivity index (χ2n) is 4.73. The minimum absolute atomic E-state index is 0.0382. The van der Waals surface area contributed by atoms with Gasteiger partial charge in [-0.15, -0.1) is 0 Å². The van der Waals surface area contributed by atoms with Gasteiger partial charge in [0, 0.05) is 19.3 Å². The number of aliphatic hydroxyl groups excluding tert-OH is 1. The van der Waals surface area contributed by atoms with Crippen molar-refractivity contribution in [3.63, 3.8) is 0 Å². The normalized spacial score (nSPS) is 13.2. The summed E-state index contributed by atoms with van der Waals surface area (Å²) in [6, 6.07) is 1.63. The second kappa shape index (κ2) is 6.96. The first-order chi connectivity index (χ1) is 8.52. The summed E-state index contributed by atoms with van der Waals surface area (Å²) < 4.78 is 1.68. The van der Waals surface area contributed by atoms with Crippen molar-refractivity contribution in [2.75, 3.05) is 6.61 Å². The number of carbonyl (C=O) groups excluding carboxylic acids is 1. The molecule has 0 aliphatic rings. The summed E-state index contributed by atoms with van der Waals surface area (Å²) in [6.07, 6.45) is 5.60. The Morgan fingerprint density at radius 2 is 2.33 bits per heavy atom. The molecule has 0 saturated heterocycles. The van der Waals surface area contributed by atoms with Crippen molar-refractivity contribution >= 4 is 12.0 Å². The molecule has 0 aliphatic heterocycles. The van der Waals surface area contributed by atoms with Crippen molar-refractivity contribution in [3.05, 3.63) is 24.0 Å². The van der Waals surface area contributed by atoms with Crippen LogP contribution in [0.4, 0.5) is 0 Å². The van der Waals surface area contributed by atoms with Gasteiger partial charge in [0.25, 0.3) is 0 Å². The van der Waals surface area contributed by atoms with E-state index in [1.165, 1.54) is 6.08 Å². The van der Waals surface area contributed by atoms with Crippen molar-refractivity contribution < 1.29 is 9.90 Å². The number of amides is 1. The molecule has 0 radical (unpaired) electrons.